The second kappa shape index (κ2) is 5.80. The molecule has 0 rings (SSSR count). The van der Waals surface area contributed by atoms with E-state index in [4.69, 9.17) is 5.11 Å². The van der Waals surface area contributed by atoms with Crippen LogP contribution in [0.15, 0.2) is 12.2 Å². The SMILES string of the molecule is CC(=O)C=CCC(=O)CCO. The van der Waals surface area contributed by atoms with Crippen molar-refractivity contribution in [3.8, 4) is 0 Å². The Bertz CT molecular complexity index is 170. The van der Waals surface area contributed by atoms with Crippen molar-refractivity contribution in [3.05, 3.63) is 12.2 Å². The molecular formula is C8H12O3. The van der Waals surface area contributed by atoms with Crippen molar-refractivity contribution in [1.29, 1.82) is 0 Å². The fourth-order valence-electron chi connectivity index (χ4n) is 0.583. The smallest absolute Gasteiger partial charge is 0.152 e. The molecule has 0 radical (unpaired) electrons. The van der Waals surface area contributed by atoms with Crippen molar-refractivity contribution in [2.45, 2.75) is 19.8 Å². The Hall–Kier alpha value is -0.960. The lowest BCUT2D eigenvalue weighted by Crippen LogP contribution is -1.98. The molecule has 0 saturated carbocycles. The van der Waals surface area contributed by atoms with Crippen LogP contribution in [0.3, 0.4) is 0 Å². The summed E-state index contributed by atoms with van der Waals surface area (Å²) in [5.41, 5.74) is 0. The fraction of sp³-hybridized carbons (Fsp3) is 0.500. The van der Waals surface area contributed by atoms with Gasteiger partial charge in [-0.05, 0) is 13.0 Å². The van der Waals surface area contributed by atoms with Crippen molar-refractivity contribution in [2.24, 2.45) is 0 Å². The predicted octanol–water partition coefficient (Wildman–Crippen LogP) is 0.473. The largest absolute Gasteiger partial charge is 0.396 e. The lowest BCUT2D eigenvalue weighted by atomic mass is 10.2. The topological polar surface area (TPSA) is 54.4 Å². The normalized spacial score (nSPS) is 10.4. The maximum Gasteiger partial charge on any atom is 0.152 e. The monoisotopic (exact) mass is 156 g/mol. The minimum atomic E-state index is -0.118. The van der Waals surface area contributed by atoms with E-state index in [9.17, 15) is 9.59 Å². The molecule has 0 spiro atoms. The minimum absolute atomic E-state index is 0.0509. The van der Waals surface area contributed by atoms with Crippen LogP contribution in [-0.4, -0.2) is 23.3 Å². The third-order valence-corrected chi connectivity index (χ3v) is 1.09. The molecule has 1 N–H and O–H groups in total. The van der Waals surface area contributed by atoms with E-state index in [1.54, 1.807) is 0 Å². The zero-order valence-electron chi connectivity index (χ0n) is 6.54. The van der Waals surface area contributed by atoms with E-state index in [0.717, 1.165) is 0 Å². The lowest BCUT2D eigenvalue weighted by Gasteiger charge is -1.90. The molecule has 0 bridgehead atoms. The van der Waals surface area contributed by atoms with Crippen LogP contribution >= 0.6 is 0 Å². The van der Waals surface area contributed by atoms with Crippen LogP contribution in [-0.2, 0) is 9.59 Å². The second-order valence-electron chi connectivity index (χ2n) is 2.23. The summed E-state index contributed by atoms with van der Waals surface area (Å²) in [6, 6.07) is 0. The molecule has 0 atom stereocenters. The number of aliphatic hydroxyl groups is 1. The molecule has 0 aliphatic carbocycles. The number of Topliss-reactive ketones (excluding diaryl/α,β-unsaturated/α-hetero) is 1. The number of rotatable bonds is 5. The summed E-state index contributed by atoms with van der Waals surface area (Å²) in [6.07, 6.45) is 3.28. The zero-order valence-corrected chi connectivity index (χ0v) is 6.54. The van der Waals surface area contributed by atoms with E-state index in [-0.39, 0.29) is 31.0 Å². The van der Waals surface area contributed by atoms with E-state index in [2.05, 4.69) is 0 Å². The van der Waals surface area contributed by atoms with Crippen molar-refractivity contribution < 1.29 is 14.7 Å². The van der Waals surface area contributed by atoms with Gasteiger partial charge in [0.15, 0.2) is 5.78 Å². The summed E-state index contributed by atoms with van der Waals surface area (Å²) in [4.78, 5) is 21.0. The number of hydrogen-bond donors (Lipinski definition) is 1. The summed E-state index contributed by atoms with van der Waals surface area (Å²) < 4.78 is 0. The van der Waals surface area contributed by atoms with Crippen LogP contribution in [0.1, 0.15) is 19.8 Å². The van der Waals surface area contributed by atoms with E-state index < -0.39 is 0 Å². The Morgan fingerprint density at radius 3 is 2.55 bits per heavy atom. The van der Waals surface area contributed by atoms with Gasteiger partial charge in [-0.2, -0.15) is 0 Å². The van der Waals surface area contributed by atoms with Gasteiger partial charge >= 0.3 is 0 Å². The fourth-order valence-corrected chi connectivity index (χ4v) is 0.583. The Labute approximate surface area is 65.7 Å². The molecule has 0 aromatic heterocycles. The van der Waals surface area contributed by atoms with Gasteiger partial charge < -0.3 is 5.11 Å². The number of carbonyl (C=O) groups excluding carboxylic acids is 2. The zero-order chi connectivity index (χ0) is 8.69. The molecule has 62 valence electrons. The maximum absolute atomic E-state index is 10.7. The summed E-state index contributed by atoms with van der Waals surface area (Å²) in [6.45, 7) is 1.31. The van der Waals surface area contributed by atoms with Crippen molar-refractivity contribution in [3.63, 3.8) is 0 Å². The van der Waals surface area contributed by atoms with Gasteiger partial charge in [-0.3, -0.25) is 9.59 Å². The molecule has 0 heterocycles. The van der Waals surface area contributed by atoms with Crippen LogP contribution in [0, 0.1) is 0 Å². The average molecular weight is 156 g/mol. The molecule has 0 aromatic carbocycles. The van der Waals surface area contributed by atoms with Gasteiger partial charge in [0.05, 0.1) is 0 Å². The first-order valence-electron chi connectivity index (χ1n) is 3.46. The van der Waals surface area contributed by atoms with E-state index in [1.807, 2.05) is 0 Å². The summed E-state index contributed by atoms with van der Waals surface area (Å²) in [5, 5.41) is 8.33. The van der Waals surface area contributed by atoms with Gasteiger partial charge in [-0.25, -0.2) is 0 Å². The van der Waals surface area contributed by atoms with Gasteiger partial charge in [0.2, 0.25) is 0 Å². The Kier molecular flexibility index (Phi) is 5.29. The van der Waals surface area contributed by atoms with Gasteiger partial charge in [-0.1, -0.05) is 6.08 Å². The molecule has 3 nitrogen and oxygen atoms in total. The molecule has 3 heteroatoms. The molecule has 11 heavy (non-hydrogen) atoms. The highest BCUT2D eigenvalue weighted by atomic mass is 16.3. The van der Waals surface area contributed by atoms with Crippen LogP contribution in [0.4, 0.5) is 0 Å². The van der Waals surface area contributed by atoms with Gasteiger partial charge in [0.25, 0.3) is 0 Å². The van der Waals surface area contributed by atoms with E-state index >= 15 is 0 Å². The summed E-state index contributed by atoms with van der Waals surface area (Å²) in [5.74, 6) is -0.119. The average Bonchev–Trinajstić information content (AvgIpc) is 1.87. The number of aliphatic hydroxyl groups excluding tert-OH is 1. The van der Waals surface area contributed by atoms with Gasteiger partial charge in [0, 0.05) is 19.4 Å². The first kappa shape index (κ1) is 10.0. The molecule has 0 aliphatic rings. The predicted molar refractivity (Wildman–Crippen MR) is 41.1 cm³/mol. The van der Waals surface area contributed by atoms with Crippen molar-refractivity contribution >= 4 is 11.6 Å². The summed E-state index contributed by atoms with van der Waals surface area (Å²) >= 11 is 0. The Balaban J connectivity index is 3.53. The first-order valence-corrected chi connectivity index (χ1v) is 3.46. The number of allylic oxidation sites excluding steroid dienone is 2. The highest BCUT2D eigenvalue weighted by Gasteiger charge is 1.96. The highest BCUT2D eigenvalue weighted by Crippen LogP contribution is 1.90. The van der Waals surface area contributed by atoms with Crippen LogP contribution in [0.2, 0.25) is 0 Å². The molecule has 0 fully saturated rings. The highest BCUT2D eigenvalue weighted by molar-refractivity contribution is 5.88. The third-order valence-electron chi connectivity index (χ3n) is 1.09. The minimum Gasteiger partial charge on any atom is -0.396 e. The van der Waals surface area contributed by atoms with Crippen LogP contribution in [0.25, 0.3) is 0 Å². The molecular weight excluding hydrogens is 144 g/mol. The van der Waals surface area contributed by atoms with Gasteiger partial charge in [-0.15, -0.1) is 0 Å². The van der Waals surface area contributed by atoms with Crippen molar-refractivity contribution in [2.75, 3.05) is 6.61 Å². The second-order valence-corrected chi connectivity index (χ2v) is 2.23. The number of hydrogen-bond acceptors (Lipinski definition) is 3. The molecule has 0 aliphatic heterocycles. The molecule has 0 unspecified atom stereocenters. The Morgan fingerprint density at radius 1 is 1.45 bits per heavy atom. The lowest BCUT2D eigenvalue weighted by molar-refractivity contribution is -0.118. The number of carbonyl (C=O) groups is 2. The number of ketones is 2. The molecule has 0 saturated heterocycles. The molecule has 0 aromatic rings. The van der Waals surface area contributed by atoms with Crippen molar-refractivity contribution in [1.82, 2.24) is 0 Å². The molecule has 0 amide bonds. The van der Waals surface area contributed by atoms with E-state index in [0.29, 0.717) is 0 Å². The quantitative estimate of drug-likeness (QED) is 0.589. The summed E-state index contributed by atoms with van der Waals surface area (Å²) in [7, 11) is 0. The standard InChI is InChI=1S/C8H12O3/c1-7(10)3-2-4-8(11)5-6-9/h2-3,9H,4-6H2,1H3. The van der Waals surface area contributed by atoms with Crippen LogP contribution in [0.5, 0.6) is 0 Å². The third kappa shape index (κ3) is 6.93. The van der Waals surface area contributed by atoms with Gasteiger partial charge in [0.1, 0.15) is 5.78 Å². The van der Waals surface area contributed by atoms with Crippen LogP contribution < -0.4 is 0 Å². The van der Waals surface area contributed by atoms with E-state index in [1.165, 1.54) is 19.1 Å². The first-order chi connectivity index (χ1) is 5.16. The maximum atomic E-state index is 10.7. The Morgan fingerprint density at radius 2 is 2.09 bits per heavy atom.